The molecular weight excluding hydrogens is 272 g/mol. The minimum atomic E-state index is 0.559. The molecule has 3 radical (unpaired) electrons. The number of hydrogen-bond acceptors (Lipinski definition) is 2. The van der Waals surface area contributed by atoms with Crippen molar-refractivity contribution in [3.63, 3.8) is 0 Å². The van der Waals surface area contributed by atoms with E-state index in [0.29, 0.717) is 5.92 Å². The Morgan fingerprint density at radius 3 is 1.86 bits per heavy atom. The Hall–Kier alpha value is -0.963. The molecule has 117 valence electrons. The third kappa shape index (κ3) is 3.82. The van der Waals surface area contributed by atoms with Crippen LogP contribution in [0.1, 0.15) is 59.4 Å². The van der Waals surface area contributed by atoms with Gasteiger partial charge in [-0.3, -0.25) is 0 Å². The Bertz CT molecular complexity index is 437. The van der Waals surface area contributed by atoms with E-state index in [0.717, 1.165) is 32.6 Å². The summed E-state index contributed by atoms with van der Waals surface area (Å²) in [7, 11) is 3.85. The summed E-state index contributed by atoms with van der Waals surface area (Å²) in [6, 6.07) is 4.49. The summed E-state index contributed by atoms with van der Waals surface area (Å²) in [6.07, 6.45) is 1.16. The lowest BCUT2D eigenvalue weighted by Gasteiger charge is -2.34. The van der Waals surface area contributed by atoms with Crippen molar-refractivity contribution in [1.82, 2.24) is 0 Å². The number of rotatable bonds is 8. The predicted molar refractivity (Wildman–Crippen MR) is 97.7 cm³/mol. The van der Waals surface area contributed by atoms with E-state index in [1.54, 1.807) is 0 Å². The largest absolute Gasteiger partial charge is 0.370 e. The Labute approximate surface area is 135 Å². The van der Waals surface area contributed by atoms with E-state index in [9.17, 15) is 0 Å². The Morgan fingerprint density at radius 1 is 0.905 bits per heavy atom. The number of hydrogen-bond donors (Lipinski definition) is 0. The highest BCUT2D eigenvalue weighted by atomic mass is 28.1. The summed E-state index contributed by atoms with van der Waals surface area (Å²) in [6.45, 7) is 17.8. The Morgan fingerprint density at radius 2 is 1.43 bits per heavy atom. The molecule has 0 aliphatic carbocycles. The molecule has 21 heavy (non-hydrogen) atoms. The van der Waals surface area contributed by atoms with Gasteiger partial charge in [-0.05, 0) is 51.7 Å². The smallest absolute Gasteiger partial charge is 0.0716 e. The van der Waals surface area contributed by atoms with Crippen LogP contribution in [0.5, 0.6) is 0 Å². The van der Waals surface area contributed by atoms with Crippen molar-refractivity contribution in [2.24, 2.45) is 0 Å². The van der Waals surface area contributed by atoms with Crippen LogP contribution in [0.4, 0.5) is 11.4 Å². The lowest BCUT2D eigenvalue weighted by molar-refractivity contribution is 0.726. The molecule has 0 heterocycles. The number of benzene rings is 1. The van der Waals surface area contributed by atoms with E-state index in [2.05, 4.69) is 73.7 Å². The van der Waals surface area contributed by atoms with Gasteiger partial charge in [0.2, 0.25) is 0 Å². The maximum Gasteiger partial charge on any atom is 0.0716 e. The molecule has 1 atom stereocenters. The van der Waals surface area contributed by atoms with Crippen molar-refractivity contribution in [3.8, 4) is 0 Å². The summed E-state index contributed by atoms with van der Waals surface area (Å²) in [5, 5.41) is 1.24. The summed E-state index contributed by atoms with van der Waals surface area (Å²) in [5.41, 5.74) is 4.26. The van der Waals surface area contributed by atoms with Gasteiger partial charge in [0.15, 0.2) is 0 Å². The molecule has 1 aromatic rings. The molecule has 0 spiro atoms. The highest BCUT2D eigenvalue weighted by Gasteiger charge is 2.21. The molecular formula is C18H31N2Si. The lowest BCUT2D eigenvalue weighted by atomic mass is 9.94. The van der Waals surface area contributed by atoms with Gasteiger partial charge >= 0.3 is 0 Å². The third-order valence-electron chi connectivity index (χ3n) is 4.48. The van der Waals surface area contributed by atoms with Crippen LogP contribution in [-0.2, 0) is 0 Å². The van der Waals surface area contributed by atoms with Crippen molar-refractivity contribution in [2.45, 2.75) is 53.9 Å². The van der Waals surface area contributed by atoms with Crippen molar-refractivity contribution in [2.75, 3.05) is 36.0 Å². The van der Waals surface area contributed by atoms with Crippen LogP contribution in [0.2, 0.25) is 0 Å². The van der Waals surface area contributed by atoms with Crippen molar-refractivity contribution >= 4 is 26.8 Å². The first-order chi connectivity index (χ1) is 10.0. The molecule has 2 nitrogen and oxygen atoms in total. The van der Waals surface area contributed by atoms with Crippen LogP contribution in [0.25, 0.3) is 0 Å². The number of nitrogens with zero attached hydrogens (tertiary/aromatic N) is 2. The predicted octanol–water partition coefficient (Wildman–Crippen LogP) is 3.69. The molecule has 0 fully saturated rings. The van der Waals surface area contributed by atoms with Gasteiger partial charge in [0.25, 0.3) is 0 Å². The fraction of sp³-hybridized carbons (Fsp3) is 0.667. The zero-order chi connectivity index (χ0) is 16.0. The lowest BCUT2D eigenvalue weighted by Crippen LogP contribution is -2.32. The monoisotopic (exact) mass is 303 g/mol. The molecule has 0 aliphatic rings. The average Bonchev–Trinajstić information content (AvgIpc) is 2.50. The van der Waals surface area contributed by atoms with Gasteiger partial charge in [0, 0.05) is 26.2 Å². The van der Waals surface area contributed by atoms with Crippen LogP contribution in [0.3, 0.4) is 0 Å². The van der Waals surface area contributed by atoms with Gasteiger partial charge < -0.3 is 9.80 Å². The molecule has 1 unspecified atom stereocenters. The first kappa shape index (κ1) is 18.1. The van der Waals surface area contributed by atoms with E-state index in [1.807, 2.05) is 0 Å². The summed E-state index contributed by atoms with van der Waals surface area (Å²) in [5.74, 6) is 0.559. The fourth-order valence-electron chi connectivity index (χ4n) is 2.99. The van der Waals surface area contributed by atoms with Crippen LogP contribution in [-0.4, -0.2) is 36.4 Å². The second-order valence-corrected chi connectivity index (χ2v) is 6.09. The molecule has 0 aliphatic heterocycles. The van der Waals surface area contributed by atoms with Crippen molar-refractivity contribution in [3.05, 3.63) is 17.7 Å². The van der Waals surface area contributed by atoms with E-state index in [1.165, 1.54) is 22.1 Å². The minimum Gasteiger partial charge on any atom is -0.370 e. The van der Waals surface area contributed by atoms with Crippen LogP contribution in [0.15, 0.2) is 12.1 Å². The fourth-order valence-corrected chi connectivity index (χ4v) is 3.44. The standard InChI is InChI=1S/C18H31N2Si/c1-7-14(6)17-16(21)13-12-15(19(8-2)9-3)18(17)20(10-4)11-5/h12-14H,7-11H2,1-6H3. The summed E-state index contributed by atoms with van der Waals surface area (Å²) in [4.78, 5) is 4.96. The topological polar surface area (TPSA) is 6.48 Å². The third-order valence-corrected chi connectivity index (χ3v) is 4.92. The molecule has 0 bridgehead atoms. The molecule has 1 aromatic carbocycles. The van der Waals surface area contributed by atoms with Crippen LogP contribution >= 0.6 is 0 Å². The quantitative estimate of drug-likeness (QED) is 0.676. The molecule has 0 amide bonds. The maximum atomic E-state index is 3.85. The van der Waals surface area contributed by atoms with Gasteiger partial charge in [-0.1, -0.05) is 25.1 Å². The van der Waals surface area contributed by atoms with E-state index >= 15 is 0 Å². The summed E-state index contributed by atoms with van der Waals surface area (Å²) < 4.78 is 0. The SMILES string of the molecule is CCC(C)c1c([Si])ccc(N(CC)CC)c1N(CC)CC. The Kier molecular flexibility index (Phi) is 7.30. The van der Waals surface area contributed by atoms with Crippen LogP contribution in [0, 0.1) is 0 Å². The van der Waals surface area contributed by atoms with E-state index in [4.69, 9.17) is 0 Å². The normalized spacial score (nSPS) is 12.3. The van der Waals surface area contributed by atoms with Gasteiger partial charge in [0.1, 0.15) is 0 Å². The van der Waals surface area contributed by atoms with Gasteiger partial charge in [-0.2, -0.15) is 0 Å². The molecule has 3 heteroatoms. The minimum absolute atomic E-state index is 0.559. The average molecular weight is 304 g/mol. The van der Waals surface area contributed by atoms with Crippen LogP contribution < -0.4 is 15.0 Å². The second kappa shape index (κ2) is 8.47. The molecule has 0 saturated heterocycles. The van der Waals surface area contributed by atoms with E-state index in [-0.39, 0.29) is 0 Å². The molecule has 0 N–H and O–H groups in total. The highest BCUT2D eigenvalue weighted by Crippen LogP contribution is 2.36. The molecule has 1 rings (SSSR count). The van der Waals surface area contributed by atoms with Gasteiger partial charge in [-0.15, -0.1) is 0 Å². The number of anilines is 2. The first-order valence-electron chi connectivity index (χ1n) is 8.43. The van der Waals surface area contributed by atoms with E-state index < -0.39 is 0 Å². The second-order valence-electron chi connectivity index (χ2n) is 5.55. The molecule has 0 aromatic heterocycles. The van der Waals surface area contributed by atoms with Crippen molar-refractivity contribution < 1.29 is 0 Å². The molecule has 0 saturated carbocycles. The van der Waals surface area contributed by atoms with Crippen molar-refractivity contribution in [1.29, 1.82) is 0 Å². The zero-order valence-corrected chi connectivity index (χ0v) is 15.7. The first-order valence-corrected chi connectivity index (χ1v) is 8.93. The zero-order valence-electron chi connectivity index (χ0n) is 14.7. The van der Waals surface area contributed by atoms with Gasteiger partial charge in [0.05, 0.1) is 21.6 Å². The highest BCUT2D eigenvalue weighted by molar-refractivity contribution is 6.34. The maximum absolute atomic E-state index is 3.85. The van der Waals surface area contributed by atoms with Gasteiger partial charge in [-0.25, -0.2) is 0 Å². The Balaban J connectivity index is 3.57. The summed E-state index contributed by atoms with van der Waals surface area (Å²) >= 11 is 0.